The minimum Gasteiger partial charge on any atom is -0.493 e. The van der Waals surface area contributed by atoms with Crippen LogP contribution in [0.1, 0.15) is 31.7 Å². The lowest BCUT2D eigenvalue weighted by Gasteiger charge is -2.18. The van der Waals surface area contributed by atoms with Gasteiger partial charge >= 0.3 is 0 Å². The number of methoxy groups -OCH3 is 3. The highest BCUT2D eigenvalue weighted by Crippen LogP contribution is 2.43. The highest BCUT2D eigenvalue weighted by atomic mass is 16.5. The van der Waals surface area contributed by atoms with Gasteiger partial charge in [0.1, 0.15) is 5.82 Å². The van der Waals surface area contributed by atoms with Crippen molar-refractivity contribution in [1.29, 1.82) is 0 Å². The van der Waals surface area contributed by atoms with Crippen LogP contribution < -0.4 is 14.2 Å². The zero-order valence-corrected chi connectivity index (χ0v) is 17.4. The molecule has 154 valence electrons. The van der Waals surface area contributed by atoms with Crippen LogP contribution in [0.15, 0.2) is 36.4 Å². The molecule has 1 aliphatic carbocycles. The van der Waals surface area contributed by atoms with Gasteiger partial charge in [0.05, 0.1) is 32.4 Å². The van der Waals surface area contributed by atoms with Crippen molar-refractivity contribution >= 4 is 22.3 Å². The van der Waals surface area contributed by atoms with Crippen molar-refractivity contribution in [3.8, 4) is 28.6 Å². The van der Waals surface area contributed by atoms with Crippen LogP contribution in [0.5, 0.6) is 17.2 Å². The number of para-hydroxylation sites is 2. The topological polar surface area (TPSA) is 71.3 Å². The van der Waals surface area contributed by atoms with Crippen LogP contribution >= 0.6 is 0 Å². The van der Waals surface area contributed by atoms with Crippen molar-refractivity contribution in [3.63, 3.8) is 0 Å². The molecule has 5 rings (SSSR count). The Labute approximate surface area is 174 Å². The first-order chi connectivity index (χ1) is 14.7. The molecule has 0 bridgehead atoms. The van der Waals surface area contributed by atoms with E-state index in [1.807, 2.05) is 36.4 Å². The molecule has 1 fully saturated rings. The summed E-state index contributed by atoms with van der Waals surface area (Å²) < 4.78 is 18.9. The predicted octanol–water partition coefficient (Wildman–Crippen LogP) is 4.79. The van der Waals surface area contributed by atoms with E-state index in [2.05, 4.69) is 4.57 Å². The van der Waals surface area contributed by atoms with E-state index in [-0.39, 0.29) is 0 Å². The number of benzene rings is 2. The highest BCUT2D eigenvalue weighted by molar-refractivity contribution is 5.85. The summed E-state index contributed by atoms with van der Waals surface area (Å²) in [5.74, 6) is 2.59. The summed E-state index contributed by atoms with van der Waals surface area (Å²) in [6, 6.07) is 12.1. The number of hydrogen-bond donors (Lipinski definition) is 0. The maximum Gasteiger partial charge on any atom is 0.203 e. The molecule has 4 aromatic rings. The van der Waals surface area contributed by atoms with Crippen LogP contribution in [-0.2, 0) is 0 Å². The van der Waals surface area contributed by atoms with Gasteiger partial charge in [-0.25, -0.2) is 15.0 Å². The SMILES string of the molecule is COc1cc(-c2nc3nc4ccccc4nc3n2C2CCCC2)cc(OC)c1OC. The number of hydrogen-bond acceptors (Lipinski definition) is 6. The average Bonchev–Trinajstić information content (AvgIpc) is 3.43. The monoisotopic (exact) mass is 404 g/mol. The largest absolute Gasteiger partial charge is 0.493 e. The summed E-state index contributed by atoms with van der Waals surface area (Å²) in [4.78, 5) is 14.7. The fourth-order valence-corrected chi connectivity index (χ4v) is 4.39. The molecule has 0 spiro atoms. The Morgan fingerprint density at radius 2 is 1.47 bits per heavy atom. The first-order valence-electron chi connectivity index (χ1n) is 10.2. The van der Waals surface area contributed by atoms with E-state index in [0.717, 1.165) is 40.9 Å². The molecule has 2 aromatic heterocycles. The molecular weight excluding hydrogens is 380 g/mol. The van der Waals surface area contributed by atoms with Gasteiger partial charge in [0.15, 0.2) is 22.8 Å². The van der Waals surface area contributed by atoms with Gasteiger partial charge in [0.2, 0.25) is 5.75 Å². The molecule has 30 heavy (non-hydrogen) atoms. The summed E-state index contributed by atoms with van der Waals surface area (Å²) in [6.45, 7) is 0. The van der Waals surface area contributed by atoms with Crippen molar-refractivity contribution in [2.45, 2.75) is 31.7 Å². The number of imidazole rings is 1. The summed E-state index contributed by atoms with van der Waals surface area (Å²) in [7, 11) is 4.85. The van der Waals surface area contributed by atoms with Crippen molar-refractivity contribution < 1.29 is 14.2 Å². The zero-order valence-electron chi connectivity index (χ0n) is 17.4. The number of aromatic nitrogens is 4. The minimum absolute atomic E-state index is 0.347. The van der Waals surface area contributed by atoms with E-state index < -0.39 is 0 Å². The molecular formula is C23H24N4O3. The van der Waals surface area contributed by atoms with E-state index in [0.29, 0.717) is 28.9 Å². The van der Waals surface area contributed by atoms with Crippen molar-refractivity contribution in [3.05, 3.63) is 36.4 Å². The van der Waals surface area contributed by atoms with Crippen molar-refractivity contribution in [2.24, 2.45) is 0 Å². The third-order valence-corrected chi connectivity index (χ3v) is 5.82. The fourth-order valence-electron chi connectivity index (χ4n) is 4.39. The van der Waals surface area contributed by atoms with Crippen LogP contribution in [0.4, 0.5) is 0 Å². The number of fused-ring (bicyclic) bond motifs is 2. The van der Waals surface area contributed by atoms with Gasteiger partial charge in [-0.3, -0.25) is 0 Å². The molecule has 1 aliphatic rings. The van der Waals surface area contributed by atoms with Gasteiger partial charge in [-0.15, -0.1) is 0 Å². The van der Waals surface area contributed by atoms with Crippen LogP contribution in [0.25, 0.3) is 33.7 Å². The molecule has 0 aliphatic heterocycles. The van der Waals surface area contributed by atoms with Gasteiger partial charge in [0, 0.05) is 11.6 Å². The van der Waals surface area contributed by atoms with E-state index >= 15 is 0 Å². The third-order valence-electron chi connectivity index (χ3n) is 5.82. The maximum absolute atomic E-state index is 5.57. The molecule has 7 nitrogen and oxygen atoms in total. The number of rotatable bonds is 5. The Bertz CT molecular complexity index is 1200. The Hall–Kier alpha value is -3.35. The standard InChI is InChI=1S/C23H24N4O3/c1-28-18-12-14(13-19(29-2)20(18)30-3)22-26-21-23(27(22)15-8-4-5-9-15)25-17-11-7-6-10-16(17)24-21/h6-7,10-13,15H,4-5,8-9H2,1-3H3. The Balaban J connectivity index is 1.80. The molecule has 7 heteroatoms. The summed E-state index contributed by atoms with van der Waals surface area (Å²) in [5.41, 5.74) is 4.09. The van der Waals surface area contributed by atoms with Crippen LogP contribution in [-0.4, -0.2) is 40.8 Å². The second-order valence-electron chi connectivity index (χ2n) is 7.52. The fraction of sp³-hybridized carbons (Fsp3) is 0.348. The van der Waals surface area contributed by atoms with E-state index in [1.165, 1.54) is 12.8 Å². The highest BCUT2D eigenvalue weighted by Gasteiger charge is 2.26. The molecule has 1 saturated carbocycles. The molecule has 0 unspecified atom stereocenters. The van der Waals surface area contributed by atoms with Crippen LogP contribution in [0, 0.1) is 0 Å². The summed E-state index contributed by atoms with van der Waals surface area (Å²) >= 11 is 0. The van der Waals surface area contributed by atoms with E-state index in [4.69, 9.17) is 29.2 Å². The minimum atomic E-state index is 0.347. The third kappa shape index (κ3) is 2.93. The Morgan fingerprint density at radius 1 is 0.833 bits per heavy atom. The molecule has 0 atom stereocenters. The van der Waals surface area contributed by atoms with Gasteiger partial charge in [-0.05, 0) is 37.1 Å². The normalized spacial score (nSPS) is 14.5. The first kappa shape index (κ1) is 18.7. The van der Waals surface area contributed by atoms with Gasteiger partial charge in [-0.2, -0.15) is 0 Å². The lowest BCUT2D eigenvalue weighted by molar-refractivity contribution is 0.324. The van der Waals surface area contributed by atoms with Crippen molar-refractivity contribution in [1.82, 2.24) is 19.5 Å². The van der Waals surface area contributed by atoms with Gasteiger partial charge < -0.3 is 18.8 Å². The number of ether oxygens (including phenoxy) is 3. The molecule has 0 radical (unpaired) electrons. The van der Waals surface area contributed by atoms with Crippen LogP contribution in [0.3, 0.4) is 0 Å². The molecule has 0 amide bonds. The van der Waals surface area contributed by atoms with Crippen molar-refractivity contribution in [2.75, 3.05) is 21.3 Å². The predicted molar refractivity (Wildman–Crippen MR) is 115 cm³/mol. The summed E-state index contributed by atoms with van der Waals surface area (Å²) in [5, 5.41) is 0. The average molecular weight is 404 g/mol. The zero-order chi connectivity index (χ0) is 20.7. The van der Waals surface area contributed by atoms with Gasteiger partial charge in [-0.1, -0.05) is 25.0 Å². The van der Waals surface area contributed by atoms with E-state index in [1.54, 1.807) is 21.3 Å². The lowest BCUT2D eigenvalue weighted by Crippen LogP contribution is -2.08. The first-order valence-corrected chi connectivity index (χ1v) is 10.2. The van der Waals surface area contributed by atoms with Gasteiger partial charge in [0.25, 0.3) is 0 Å². The van der Waals surface area contributed by atoms with Crippen LogP contribution in [0.2, 0.25) is 0 Å². The lowest BCUT2D eigenvalue weighted by atomic mass is 10.1. The summed E-state index contributed by atoms with van der Waals surface area (Å²) in [6.07, 6.45) is 4.63. The Kier molecular flexibility index (Phi) is 4.65. The molecule has 0 N–H and O–H groups in total. The van der Waals surface area contributed by atoms with E-state index in [9.17, 15) is 0 Å². The quantitative estimate of drug-likeness (QED) is 0.476. The molecule has 0 saturated heterocycles. The molecule has 2 heterocycles. The Morgan fingerprint density at radius 3 is 2.07 bits per heavy atom. The molecule has 2 aromatic carbocycles. The maximum atomic E-state index is 5.57. The number of nitrogens with zero attached hydrogens (tertiary/aromatic N) is 4. The second-order valence-corrected chi connectivity index (χ2v) is 7.52. The smallest absolute Gasteiger partial charge is 0.203 e. The second kappa shape index (κ2) is 7.48.